The van der Waals surface area contributed by atoms with Crippen molar-refractivity contribution >= 4 is 33.0 Å². The van der Waals surface area contributed by atoms with Gasteiger partial charge in [0.15, 0.2) is 9.84 Å². The Labute approximate surface area is 159 Å². The van der Waals surface area contributed by atoms with Gasteiger partial charge < -0.3 is 9.80 Å². The second-order valence-electron chi connectivity index (χ2n) is 7.57. The molecule has 144 valence electrons. The van der Waals surface area contributed by atoms with Gasteiger partial charge in [0.25, 0.3) is 0 Å². The molecule has 0 aromatic carbocycles. The van der Waals surface area contributed by atoms with Crippen molar-refractivity contribution in [3.63, 3.8) is 0 Å². The Balaban J connectivity index is 1.58. The van der Waals surface area contributed by atoms with Crippen molar-refractivity contribution in [2.75, 3.05) is 32.9 Å². The quantitative estimate of drug-likeness (QED) is 0.753. The molecule has 1 unspecified atom stereocenters. The number of rotatable bonds is 5. The summed E-state index contributed by atoms with van der Waals surface area (Å²) >= 11 is 1.74. The van der Waals surface area contributed by atoms with Gasteiger partial charge in [-0.2, -0.15) is 0 Å². The van der Waals surface area contributed by atoms with Gasteiger partial charge in [-0.05, 0) is 38.3 Å². The van der Waals surface area contributed by atoms with Crippen LogP contribution in [0.5, 0.6) is 0 Å². The number of carbonyl (C=O) groups excluding carboxylic acids is 2. The Kier molecular flexibility index (Phi) is 5.18. The fraction of sp³-hybridized carbons (Fsp3) is 0.667. The van der Waals surface area contributed by atoms with Crippen LogP contribution < -0.4 is 0 Å². The molecule has 0 radical (unpaired) electrons. The zero-order valence-corrected chi connectivity index (χ0v) is 17.2. The Bertz CT molecular complexity index is 807. The molecule has 2 fully saturated rings. The van der Waals surface area contributed by atoms with E-state index in [-0.39, 0.29) is 30.7 Å². The van der Waals surface area contributed by atoms with E-state index in [1.807, 2.05) is 0 Å². The summed E-state index contributed by atoms with van der Waals surface area (Å²) in [4.78, 5) is 30.4. The van der Waals surface area contributed by atoms with Crippen LogP contribution in [-0.4, -0.2) is 67.7 Å². The molecule has 26 heavy (non-hydrogen) atoms. The van der Waals surface area contributed by atoms with Gasteiger partial charge in [-0.25, -0.2) is 8.42 Å². The van der Waals surface area contributed by atoms with Gasteiger partial charge in [0.1, 0.15) is 4.75 Å². The highest BCUT2D eigenvalue weighted by atomic mass is 32.2. The van der Waals surface area contributed by atoms with Crippen molar-refractivity contribution in [3.05, 3.63) is 21.9 Å². The van der Waals surface area contributed by atoms with Crippen molar-refractivity contribution < 1.29 is 18.0 Å². The molecular formula is C18H26N2O4S2. The monoisotopic (exact) mass is 398 g/mol. The summed E-state index contributed by atoms with van der Waals surface area (Å²) in [5, 5.41) is 0. The van der Waals surface area contributed by atoms with Crippen molar-refractivity contribution in [2.24, 2.45) is 5.92 Å². The predicted molar refractivity (Wildman–Crippen MR) is 102 cm³/mol. The van der Waals surface area contributed by atoms with Crippen LogP contribution in [0.1, 0.15) is 29.0 Å². The average Bonchev–Trinajstić information content (AvgIpc) is 3.05. The van der Waals surface area contributed by atoms with Crippen LogP contribution in [0.3, 0.4) is 0 Å². The summed E-state index contributed by atoms with van der Waals surface area (Å²) in [6, 6.07) is 4.17. The topological polar surface area (TPSA) is 74.8 Å². The molecule has 1 aromatic heterocycles. The lowest BCUT2D eigenvalue weighted by Crippen LogP contribution is -2.69. The summed E-state index contributed by atoms with van der Waals surface area (Å²) in [5.41, 5.74) is 0. The molecule has 0 saturated carbocycles. The molecule has 0 N–H and O–H groups in total. The van der Waals surface area contributed by atoms with E-state index in [1.165, 1.54) is 14.7 Å². The Morgan fingerprint density at radius 2 is 2.00 bits per heavy atom. The van der Waals surface area contributed by atoms with Crippen LogP contribution in [-0.2, 0) is 25.8 Å². The third kappa shape index (κ3) is 3.29. The van der Waals surface area contributed by atoms with Crippen molar-refractivity contribution in [2.45, 2.75) is 37.4 Å². The van der Waals surface area contributed by atoms with Crippen LogP contribution in [0.4, 0.5) is 0 Å². The summed E-state index contributed by atoms with van der Waals surface area (Å²) in [6.07, 6.45) is 2.40. The van der Waals surface area contributed by atoms with E-state index in [1.54, 1.807) is 30.3 Å². The summed E-state index contributed by atoms with van der Waals surface area (Å²) in [5.74, 6) is -0.647. The lowest BCUT2D eigenvalue weighted by atomic mass is 9.82. The van der Waals surface area contributed by atoms with E-state index in [4.69, 9.17) is 0 Å². The van der Waals surface area contributed by atoms with Gasteiger partial charge in [-0.1, -0.05) is 0 Å². The first-order valence-corrected chi connectivity index (χ1v) is 11.4. The molecule has 3 heterocycles. The van der Waals surface area contributed by atoms with E-state index in [0.29, 0.717) is 12.8 Å². The lowest BCUT2D eigenvalue weighted by Gasteiger charge is -2.49. The highest BCUT2D eigenvalue weighted by molar-refractivity contribution is 7.93. The zero-order valence-electron chi connectivity index (χ0n) is 15.5. The third-order valence-corrected chi connectivity index (χ3v) is 9.16. The molecule has 6 nitrogen and oxygen atoms in total. The van der Waals surface area contributed by atoms with E-state index < -0.39 is 20.5 Å². The number of likely N-dealkylation sites (tertiary alicyclic amines) is 1. The molecule has 3 rings (SSSR count). The number of sulfone groups is 1. The minimum Gasteiger partial charge on any atom is -0.349 e. The number of hydrogen-bond donors (Lipinski definition) is 0. The molecule has 2 aliphatic heterocycles. The molecule has 1 atom stereocenters. The minimum atomic E-state index is -3.34. The maximum absolute atomic E-state index is 12.6. The Morgan fingerprint density at radius 1 is 1.31 bits per heavy atom. The molecule has 0 bridgehead atoms. The molecule has 2 aliphatic rings. The number of carbonyl (C=O) groups is 2. The van der Waals surface area contributed by atoms with Crippen molar-refractivity contribution in [3.8, 4) is 0 Å². The van der Waals surface area contributed by atoms with Crippen LogP contribution in [0.15, 0.2) is 12.1 Å². The van der Waals surface area contributed by atoms with Gasteiger partial charge >= 0.3 is 0 Å². The van der Waals surface area contributed by atoms with Gasteiger partial charge in [0, 0.05) is 43.4 Å². The number of nitrogens with zero attached hydrogens (tertiary/aromatic N) is 2. The van der Waals surface area contributed by atoms with Gasteiger partial charge in [0.05, 0.1) is 11.7 Å². The second kappa shape index (κ2) is 6.96. The maximum Gasteiger partial charge on any atom is 0.226 e. The first-order chi connectivity index (χ1) is 12.2. The van der Waals surface area contributed by atoms with Crippen LogP contribution >= 0.6 is 11.3 Å². The Morgan fingerprint density at radius 3 is 2.58 bits per heavy atom. The standard InChI is InChI=1S/C18H26N2O4S2/c1-13-7-8-14(25-13)5-4-6-16(21)20-11-18(12-20)15(17(22)19(2)3)9-10-26(18,23)24/h7-8,15H,4-6,9-12H2,1-3H3. The molecule has 1 spiro atoms. The normalized spacial score (nSPS) is 23.0. The third-order valence-electron chi connectivity index (χ3n) is 5.55. The highest BCUT2D eigenvalue weighted by Crippen LogP contribution is 2.45. The fourth-order valence-corrected chi connectivity index (χ4v) is 7.24. The first-order valence-electron chi connectivity index (χ1n) is 8.93. The largest absolute Gasteiger partial charge is 0.349 e. The minimum absolute atomic E-state index is 0.0120. The molecule has 8 heteroatoms. The highest BCUT2D eigenvalue weighted by Gasteiger charge is 2.64. The SMILES string of the molecule is Cc1ccc(CCCC(=O)N2CC3(C2)C(C(=O)N(C)C)CCS3(=O)=O)s1. The molecule has 0 aliphatic carbocycles. The summed E-state index contributed by atoms with van der Waals surface area (Å²) in [6.45, 7) is 2.39. The van der Waals surface area contributed by atoms with Gasteiger partial charge in [-0.15, -0.1) is 11.3 Å². The first kappa shape index (κ1) is 19.4. The number of aryl methyl sites for hydroxylation is 2. The van der Waals surface area contributed by atoms with Crippen LogP contribution in [0.2, 0.25) is 0 Å². The van der Waals surface area contributed by atoms with Crippen LogP contribution in [0, 0.1) is 12.8 Å². The zero-order chi connectivity index (χ0) is 19.1. The predicted octanol–water partition coefficient (Wildman–Crippen LogP) is 1.48. The summed E-state index contributed by atoms with van der Waals surface area (Å²) < 4.78 is 24.1. The number of hydrogen-bond acceptors (Lipinski definition) is 5. The summed E-state index contributed by atoms with van der Waals surface area (Å²) in [7, 11) is -0.0491. The number of amides is 2. The molecular weight excluding hydrogens is 372 g/mol. The van der Waals surface area contributed by atoms with Crippen molar-refractivity contribution in [1.82, 2.24) is 9.80 Å². The molecule has 2 amide bonds. The lowest BCUT2D eigenvalue weighted by molar-refractivity contribution is -0.143. The van der Waals surface area contributed by atoms with E-state index in [0.717, 1.165) is 12.8 Å². The molecule has 1 aromatic rings. The van der Waals surface area contributed by atoms with Gasteiger partial charge in [0.2, 0.25) is 11.8 Å². The smallest absolute Gasteiger partial charge is 0.226 e. The van der Waals surface area contributed by atoms with E-state index in [2.05, 4.69) is 19.1 Å². The van der Waals surface area contributed by atoms with Gasteiger partial charge in [-0.3, -0.25) is 9.59 Å². The number of thiophene rings is 1. The fourth-order valence-electron chi connectivity index (χ4n) is 4.00. The van der Waals surface area contributed by atoms with Crippen LogP contribution in [0.25, 0.3) is 0 Å². The van der Waals surface area contributed by atoms with Crippen molar-refractivity contribution in [1.29, 1.82) is 0 Å². The second-order valence-corrected chi connectivity index (χ2v) is 11.4. The average molecular weight is 399 g/mol. The Hall–Kier alpha value is -1.41. The van der Waals surface area contributed by atoms with E-state index >= 15 is 0 Å². The van der Waals surface area contributed by atoms with E-state index in [9.17, 15) is 18.0 Å². The molecule has 2 saturated heterocycles. The maximum atomic E-state index is 12.6.